The average Bonchev–Trinajstić information content (AvgIpc) is 2.41. The quantitative estimate of drug-likeness (QED) is 0.935. The molecule has 0 aliphatic rings. The molecule has 0 radical (unpaired) electrons. The minimum Gasteiger partial charge on any atom is -0.278 e. The van der Waals surface area contributed by atoms with Crippen LogP contribution in [0.1, 0.15) is 5.56 Å². The molecular weight excluding hydrogens is 319 g/mol. The summed E-state index contributed by atoms with van der Waals surface area (Å²) in [7, 11) is -3.75. The molecule has 0 aliphatic carbocycles. The highest BCUT2D eigenvalue weighted by Crippen LogP contribution is 2.26. The van der Waals surface area contributed by atoms with Crippen LogP contribution in [0.5, 0.6) is 0 Å². The van der Waals surface area contributed by atoms with Gasteiger partial charge in [-0.3, -0.25) is 4.72 Å². The third-order valence-corrected chi connectivity index (χ3v) is 4.41. The fourth-order valence-corrected chi connectivity index (χ4v) is 2.97. The Balaban J connectivity index is 2.34. The summed E-state index contributed by atoms with van der Waals surface area (Å²) in [5, 5.41) is 9.33. The van der Waals surface area contributed by atoms with Crippen LogP contribution in [0.2, 0.25) is 10.0 Å². The molecule has 2 aromatic rings. The molecule has 0 bridgehead atoms. The van der Waals surface area contributed by atoms with Crippen molar-refractivity contribution in [1.29, 1.82) is 5.26 Å². The second-order valence-corrected chi connectivity index (χ2v) is 6.39. The van der Waals surface area contributed by atoms with Crippen molar-refractivity contribution in [3.05, 3.63) is 58.1 Å². The van der Waals surface area contributed by atoms with Gasteiger partial charge >= 0.3 is 0 Å². The Hall–Kier alpha value is -1.74. The number of benzene rings is 2. The molecule has 0 aliphatic heterocycles. The predicted molar refractivity (Wildman–Crippen MR) is 78.4 cm³/mol. The molecule has 102 valence electrons. The van der Waals surface area contributed by atoms with Gasteiger partial charge < -0.3 is 0 Å². The molecule has 20 heavy (non-hydrogen) atoms. The third-order valence-electron chi connectivity index (χ3n) is 2.47. The van der Waals surface area contributed by atoms with Gasteiger partial charge in [-0.25, -0.2) is 8.42 Å². The lowest BCUT2D eigenvalue weighted by Crippen LogP contribution is -2.13. The van der Waals surface area contributed by atoms with Crippen LogP contribution in [0.15, 0.2) is 47.4 Å². The minimum absolute atomic E-state index is 0.0716. The first kappa shape index (κ1) is 14.7. The van der Waals surface area contributed by atoms with Crippen LogP contribution < -0.4 is 4.72 Å². The molecular formula is C13H8Cl2N2O2S. The van der Waals surface area contributed by atoms with Crippen LogP contribution in [0.4, 0.5) is 5.69 Å². The van der Waals surface area contributed by atoms with E-state index in [9.17, 15) is 8.42 Å². The molecule has 0 heterocycles. The maximum absolute atomic E-state index is 12.1. The van der Waals surface area contributed by atoms with Crippen molar-refractivity contribution in [2.45, 2.75) is 4.90 Å². The SMILES string of the molecule is N#Cc1ccc(NS(=O)(=O)c2ccc(Cl)cc2)c(Cl)c1. The normalized spacial score (nSPS) is 10.8. The zero-order valence-corrected chi connectivity index (χ0v) is 12.3. The smallest absolute Gasteiger partial charge is 0.261 e. The highest BCUT2D eigenvalue weighted by Gasteiger charge is 2.15. The summed E-state index contributed by atoms with van der Waals surface area (Å²) < 4.78 is 26.6. The van der Waals surface area contributed by atoms with Crippen molar-refractivity contribution in [1.82, 2.24) is 0 Å². The molecule has 4 nitrogen and oxygen atoms in total. The first-order valence-electron chi connectivity index (χ1n) is 5.40. The molecule has 0 unspecified atom stereocenters. The van der Waals surface area contributed by atoms with E-state index in [1.54, 1.807) is 0 Å². The number of hydrogen-bond acceptors (Lipinski definition) is 3. The summed E-state index contributed by atoms with van der Waals surface area (Å²) in [5.41, 5.74) is 0.560. The second-order valence-electron chi connectivity index (χ2n) is 3.87. The largest absolute Gasteiger partial charge is 0.278 e. The van der Waals surface area contributed by atoms with E-state index in [1.165, 1.54) is 42.5 Å². The van der Waals surface area contributed by atoms with Crippen LogP contribution in [0.25, 0.3) is 0 Å². The van der Waals surface area contributed by atoms with E-state index in [1.807, 2.05) is 6.07 Å². The van der Waals surface area contributed by atoms with E-state index in [-0.39, 0.29) is 15.6 Å². The van der Waals surface area contributed by atoms with Gasteiger partial charge in [-0.2, -0.15) is 5.26 Å². The lowest BCUT2D eigenvalue weighted by Gasteiger charge is -2.09. The molecule has 0 aromatic heterocycles. The Morgan fingerprint density at radius 3 is 2.25 bits per heavy atom. The number of rotatable bonds is 3. The van der Waals surface area contributed by atoms with Crippen LogP contribution in [0, 0.1) is 11.3 Å². The van der Waals surface area contributed by atoms with Crippen molar-refractivity contribution in [2.24, 2.45) is 0 Å². The highest BCUT2D eigenvalue weighted by molar-refractivity contribution is 7.92. The fourth-order valence-electron chi connectivity index (χ4n) is 1.48. The van der Waals surface area contributed by atoms with E-state index in [0.29, 0.717) is 10.6 Å². The summed E-state index contributed by atoms with van der Waals surface area (Å²) in [6, 6.07) is 12.0. The highest BCUT2D eigenvalue weighted by atomic mass is 35.5. The lowest BCUT2D eigenvalue weighted by atomic mass is 10.2. The fraction of sp³-hybridized carbons (Fsp3) is 0. The van der Waals surface area contributed by atoms with Crippen molar-refractivity contribution in [3.8, 4) is 6.07 Å². The van der Waals surface area contributed by atoms with Gasteiger partial charge in [-0.1, -0.05) is 23.2 Å². The maximum Gasteiger partial charge on any atom is 0.261 e. The number of anilines is 1. The number of hydrogen-bond donors (Lipinski definition) is 1. The van der Waals surface area contributed by atoms with Gasteiger partial charge in [0.15, 0.2) is 0 Å². The van der Waals surface area contributed by atoms with Crippen molar-refractivity contribution in [3.63, 3.8) is 0 Å². The predicted octanol–water partition coefficient (Wildman–Crippen LogP) is 3.67. The summed E-state index contributed by atoms with van der Waals surface area (Å²) in [6.45, 7) is 0. The van der Waals surface area contributed by atoms with E-state index in [2.05, 4.69) is 4.72 Å². The lowest BCUT2D eigenvalue weighted by molar-refractivity contribution is 0.601. The maximum atomic E-state index is 12.1. The van der Waals surface area contributed by atoms with Crippen LogP contribution >= 0.6 is 23.2 Å². The standard InChI is InChI=1S/C13H8Cl2N2O2S/c14-10-2-4-11(5-3-10)20(18,19)17-13-6-1-9(8-16)7-12(13)15/h1-7,17H. The zero-order chi connectivity index (χ0) is 14.8. The first-order valence-corrected chi connectivity index (χ1v) is 7.64. The summed E-state index contributed by atoms with van der Waals surface area (Å²) in [6.07, 6.45) is 0. The molecule has 0 saturated carbocycles. The topological polar surface area (TPSA) is 70.0 Å². The Morgan fingerprint density at radius 1 is 1.05 bits per heavy atom. The van der Waals surface area contributed by atoms with Crippen molar-refractivity contribution < 1.29 is 8.42 Å². The zero-order valence-electron chi connectivity index (χ0n) is 9.97. The summed E-state index contributed by atoms with van der Waals surface area (Å²) >= 11 is 11.6. The van der Waals surface area contributed by atoms with Gasteiger partial charge in [0.25, 0.3) is 10.0 Å². The second kappa shape index (κ2) is 5.71. The van der Waals surface area contributed by atoms with Crippen LogP contribution in [-0.4, -0.2) is 8.42 Å². The van der Waals surface area contributed by atoms with Gasteiger partial charge in [0.2, 0.25) is 0 Å². The number of nitrogens with one attached hydrogen (secondary N) is 1. The Labute approximate surface area is 126 Å². The third kappa shape index (κ3) is 3.23. The van der Waals surface area contributed by atoms with Gasteiger partial charge in [-0.15, -0.1) is 0 Å². The molecule has 7 heteroatoms. The summed E-state index contributed by atoms with van der Waals surface area (Å²) in [4.78, 5) is 0.0716. The monoisotopic (exact) mass is 326 g/mol. The number of sulfonamides is 1. The Morgan fingerprint density at radius 2 is 1.70 bits per heavy atom. The molecule has 1 N–H and O–H groups in total. The van der Waals surface area contributed by atoms with E-state index in [4.69, 9.17) is 28.5 Å². The molecule has 0 spiro atoms. The van der Waals surface area contributed by atoms with E-state index < -0.39 is 10.0 Å². The minimum atomic E-state index is -3.75. The Kier molecular flexibility index (Phi) is 4.19. The van der Waals surface area contributed by atoms with Gasteiger partial charge in [-0.05, 0) is 42.5 Å². The van der Waals surface area contributed by atoms with Gasteiger partial charge in [0, 0.05) is 5.02 Å². The summed E-state index contributed by atoms with van der Waals surface area (Å²) in [5.74, 6) is 0. The van der Waals surface area contributed by atoms with E-state index >= 15 is 0 Å². The van der Waals surface area contributed by atoms with Gasteiger partial charge in [0.1, 0.15) is 0 Å². The molecule has 0 atom stereocenters. The van der Waals surface area contributed by atoms with Crippen LogP contribution in [0.3, 0.4) is 0 Å². The number of halogens is 2. The molecule has 0 fully saturated rings. The molecule has 2 rings (SSSR count). The van der Waals surface area contributed by atoms with Crippen molar-refractivity contribution in [2.75, 3.05) is 4.72 Å². The number of nitriles is 1. The van der Waals surface area contributed by atoms with Crippen LogP contribution in [-0.2, 0) is 10.0 Å². The number of nitrogens with zero attached hydrogens (tertiary/aromatic N) is 1. The molecule has 2 aromatic carbocycles. The average molecular weight is 327 g/mol. The van der Waals surface area contributed by atoms with Crippen molar-refractivity contribution >= 4 is 38.9 Å². The molecule has 0 saturated heterocycles. The van der Waals surface area contributed by atoms with E-state index in [0.717, 1.165) is 0 Å². The first-order chi connectivity index (χ1) is 9.42. The molecule has 0 amide bonds. The van der Waals surface area contributed by atoms with Gasteiger partial charge in [0.05, 0.1) is 27.2 Å². The Bertz CT molecular complexity index is 781.